The summed E-state index contributed by atoms with van der Waals surface area (Å²) in [6.07, 6.45) is 0.797. The zero-order valence-corrected chi connectivity index (χ0v) is 14.7. The lowest BCUT2D eigenvalue weighted by Crippen LogP contribution is -2.49. The van der Waals surface area contributed by atoms with Crippen LogP contribution >= 0.6 is 0 Å². The van der Waals surface area contributed by atoms with Crippen molar-refractivity contribution >= 4 is 11.8 Å². The van der Waals surface area contributed by atoms with Crippen LogP contribution < -0.4 is 4.90 Å². The lowest BCUT2D eigenvalue weighted by molar-refractivity contribution is 0.0188. The molecule has 3 heterocycles. The number of carbonyl (C=O) groups is 1. The number of benzene rings is 1. The highest BCUT2D eigenvalue weighted by molar-refractivity contribution is 5.71. The van der Waals surface area contributed by atoms with Gasteiger partial charge in [0.25, 0.3) is 0 Å². The minimum absolute atomic E-state index is 0.187. The van der Waals surface area contributed by atoms with Crippen molar-refractivity contribution in [3.63, 3.8) is 0 Å². The number of fused-ring (bicyclic) bond motifs is 3. The number of hydrogen-bond acceptors (Lipinski definition) is 4. The van der Waals surface area contributed by atoms with Crippen LogP contribution in [-0.4, -0.2) is 48.9 Å². The molecule has 0 radical (unpaired) electrons. The number of piperidine rings is 1. The van der Waals surface area contributed by atoms with Gasteiger partial charge in [-0.3, -0.25) is 0 Å². The van der Waals surface area contributed by atoms with Crippen LogP contribution in [0.3, 0.4) is 0 Å². The van der Waals surface area contributed by atoms with Crippen LogP contribution in [0.2, 0.25) is 0 Å². The molecule has 1 saturated heterocycles. The molecule has 1 aromatic carbocycles. The highest BCUT2D eigenvalue weighted by Gasteiger charge is 2.44. The van der Waals surface area contributed by atoms with Gasteiger partial charge in [0.05, 0.1) is 13.2 Å². The first-order valence-corrected chi connectivity index (χ1v) is 8.88. The fourth-order valence-corrected chi connectivity index (χ4v) is 4.28. The smallest absolute Gasteiger partial charge is 0.410 e. The van der Waals surface area contributed by atoms with Crippen molar-refractivity contribution in [1.82, 2.24) is 4.90 Å². The van der Waals surface area contributed by atoms with Crippen molar-refractivity contribution < 1.29 is 14.3 Å². The van der Waals surface area contributed by atoms with Gasteiger partial charge in [-0.05, 0) is 32.8 Å². The molecule has 130 valence electrons. The number of para-hydroxylation sites is 1. The van der Waals surface area contributed by atoms with Crippen LogP contribution in [0, 0.1) is 0 Å². The van der Waals surface area contributed by atoms with Crippen molar-refractivity contribution in [1.29, 1.82) is 0 Å². The fraction of sp³-hybridized carbons (Fsp3) is 0.632. The Morgan fingerprint density at radius 2 is 2.12 bits per heavy atom. The lowest BCUT2D eigenvalue weighted by Gasteiger charge is -2.39. The molecule has 5 heteroatoms. The van der Waals surface area contributed by atoms with Crippen molar-refractivity contribution in [2.45, 2.75) is 51.4 Å². The summed E-state index contributed by atoms with van der Waals surface area (Å²) < 4.78 is 11.3. The molecule has 0 aromatic heterocycles. The molecule has 0 spiro atoms. The summed E-state index contributed by atoms with van der Waals surface area (Å²) >= 11 is 0. The maximum absolute atomic E-state index is 12.5. The minimum atomic E-state index is -0.446. The molecule has 1 aromatic rings. The molecule has 4 rings (SSSR count). The largest absolute Gasteiger partial charge is 0.444 e. The molecule has 24 heavy (non-hydrogen) atoms. The lowest BCUT2D eigenvalue weighted by atomic mass is 9.89. The van der Waals surface area contributed by atoms with E-state index in [2.05, 4.69) is 23.1 Å². The highest BCUT2D eigenvalue weighted by Crippen LogP contribution is 2.47. The van der Waals surface area contributed by atoms with E-state index in [1.54, 1.807) is 0 Å². The zero-order chi connectivity index (χ0) is 16.9. The molecular weight excluding hydrogens is 304 g/mol. The van der Waals surface area contributed by atoms with E-state index < -0.39 is 5.60 Å². The number of likely N-dealkylation sites (tertiary alicyclic amines) is 1. The van der Waals surface area contributed by atoms with E-state index >= 15 is 0 Å². The molecule has 5 nitrogen and oxygen atoms in total. The molecule has 2 atom stereocenters. The van der Waals surface area contributed by atoms with E-state index in [-0.39, 0.29) is 6.09 Å². The summed E-state index contributed by atoms with van der Waals surface area (Å²) in [5.74, 6) is 0.374. The molecule has 0 saturated carbocycles. The standard InChI is InChI=1S/C19H26N2O3/c1-19(2,3)24-18(22)20-8-7-16-15(11-20)14-6-4-5-13-12-23-10-9-21(16)17(13)14/h4-6,15-16H,7-12H2,1-3H3/t15-,16-/m0/s1. The van der Waals surface area contributed by atoms with E-state index in [1.807, 2.05) is 25.7 Å². The Balaban J connectivity index is 1.60. The first-order chi connectivity index (χ1) is 11.4. The number of nitrogens with zero attached hydrogens (tertiary/aromatic N) is 2. The van der Waals surface area contributed by atoms with Crippen LogP contribution in [0.4, 0.5) is 10.5 Å². The summed E-state index contributed by atoms with van der Waals surface area (Å²) in [7, 11) is 0. The second-order valence-corrected chi connectivity index (χ2v) is 7.99. The van der Waals surface area contributed by atoms with Gasteiger partial charge in [0.1, 0.15) is 5.60 Å². The van der Waals surface area contributed by atoms with E-state index in [1.165, 1.54) is 16.8 Å². The van der Waals surface area contributed by atoms with Gasteiger partial charge in [0, 0.05) is 42.8 Å². The second kappa shape index (κ2) is 5.66. The second-order valence-electron chi connectivity index (χ2n) is 7.99. The van der Waals surface area contributed by atoms with Crippen molar-refractivity contribution in [3.8, 4) is 0 Å². The van der Waals surface area contributed by atoms with E-state index in [9.17, 15) is 4.79 Å². The van der Waals surface area contributed by atoms with E-state index in [0.717, 1.165) is 32.7 Å². The molecule has 0 aliphatic carbocycles. The van der Waals surface area contributed by atoms with Crippen molar-refractivity contribution in [3.05, 3.63) is 29.3 Å². The zero-order valence-electron chi connectivity index (χ0n) is 14.7. The Hall–Kier alpha value is -1.75. The third-order valence-electron chi connectivity index (χ3n) is 5.20. The predicted octanol–water partition coefficient (Wildman–Crippen LogP) is 3.13. The summed E-state index contributed by atoms with van der Waals surface area (Å²) in [6.45, 7) is 9.66. The number of ether oxygens (including phenoxy) is 2. The van der Waals surface area contributed by atoms with Crippen molar-refractivity contribution in [2.75, 3.05) is 31.1 Å². The van der Waals surface area contributed by atoms with Crippen LogP contribution in [0.15, 0.2) is 18.2 Å². The first kappa shape index (κ1) is 15.8. The molecular formula is C19H26N2O3. The number of rotatable bonds is 0. The van der Waals surface area contributed by atoms with Crippen LogP contribution in [-0.2, 0) is 16.1 Å². The van der Waals surface area contributed by atoms with Gasteiger partial charge in [-0.2, -0.15) is 0 Å². The first-order valence-electron chi connectivity index (χ1n) is 8.88. The van der Waals surface area contributed by atoms with Gasteiger partial charge in [-0.25, -0.2) is 4.79 Å². The van der Waals surface area contributed by atoms with Gasteiger partial charge < -0.3 is 19.3 Å². The molecule has 1 fully saturated rings. The average Bonchev–Trinajstić information content (AvgIpc) is 2.69. The SMILES string of the molecule is CC(C)(C)OC(=O)N1CC[C@H]2[C@@H](C1)c1cccc3c1N2CCOC3. The maximum atomic E-state index is 12.5. The Morgan fingerprint density at radius 1 is 1.29 bits per heavy atom. The monoisotopic (exact) mass is 330 g/mol. The van der Waals surface area contributed by atoms with Gasteiger partial charge >= 0.3 is 6.09 Å². The quantitative estimate of drug-likeness (QED) is 0.733. The molecule has 0 unspecified atom stereocenters. The Kier molecular flexibility index (Phi) is 3.71. The summed E-state index contributed by atoms with van der Waals surface area (Å²) in [4.78, 5) is 16.9. The predicted molar refractivity (Wildman–Crippen MR) is 92.4 cm³/mol. The molecule has 1 amide bonds. The summed E-state index contributed by atoms with van der Waals surface area (Å²) in [5.41, 5.74) is 3.56. The minimum Gasteiger partial charge on any atom is -0.444 e. The van der Waals surface area contributed by atoms with Crippen LogP contribution in [0.1, 0.15) is 44.2 Å². The van der Waals surface area contributed by atoms with Gasteiger partial charge in [-0.15, -0.1) is 0 Å². The highest BCUT2D eigenvalue weighted by atomic mass is 16.6. The number of anilines is 1. The van der Waals surface area contributed by atoms with Crippen LogP contribution in [0.25, 0.3) is 0 Å². The van der Waals surface area contributed by atoms with Crippen LogP contribution in [0.5, 0.6) is 0 Å². The Morgan fingerprint density at radius 3 is 2.92 bits per heavy atom. The Bertz CT molecular complexity index is 653. The summed E-state index contributed by atoms with van der Waals surface area (Å²) in [6, 6.07) is 6.98. The normalized spacial score (nSPS) is 25.8. The van der Waals surface area contributed by atoms with E-state index in [4.69, 9.17) is 9.47 Å². The fourth-order valence-electron chi connectivity index (χ4n) is 4.28. The van der Waals surface area contributed by atoms with Gasteiger partial charge in [-0.1, -0.05) is 18.2 Å². The molecule has 0 N–H and O–H groups in total. The maximum Gasteiger partial charge on any atom is 0.410 e. The van der Waals surface area contributed by atoms with Gasteiger partial charge in [0.15, 0.2) is 0 Å². The van der Waals surface area contributed by atoms with E-state index in [0.29, 0.717) is 18.6 Å². The average molecular weight is 330 g/mol. The molecule has 3 aliphatic rings. The number of hydrogen-bond donors (Lipinski definition) is 0. The van der Waals surface area contributed by atoms with Gasteiger partial charge in [0.2, 0.25) is 0 Å². The Labute approximate surface area is 143 Å². The number of amides is 1. The molecule has 3 aliphatic heterocycles. The topological polar surface area (TPSA) is 42.0 Å². The third-order valence-corrected chi connectivity index (χ3v) is 5.20. The molecule has 0 bridgehead atoms. The number of carbonyl (C=O) groups excluding carboxylic acids is 1. The van der Waals surface area contributed by atoms with Crippen molar-refractivity contribution in [2.24, 2.45) is 0 Å². The summed E-state index contributed by atoms with van der Waals surface area (Å²) in [5, 5.41) is 0. The third kappa shape index (κ3) is 2.65.